The molecule has 170 valence electrons. The molecule has 0 radical (unpaired) electrons. The Morgan fingerprint density at radius 2 is 2.03 bits per heavy atom. The molecule has 0 aliphatic heterocycles. The molecule has 8 nitrogen and oxygen atoms in total. The van der Waals surface area contributed by atoms with Crippen LogP contribution in [0.4, 0.5) is 18.9 Å². The quantitative estimate of drug-likeness (QED) is 0.142. The van der Waals surface area contributed by atoms with Gasteiger partial charge >= 0.3 is 12.1 Å². The Hall–Kier alpha value is -3.64. The first kappa shape index (κ1) is 22.6. The first-order valence-electron chi connectivity index (χ1n) is 9.18. The van der Waals surface area contributed by atoms with Crippen LogP contribution >= 0.6 is 22.9 Å². The van der Waals surface area contributed by atoms with Crippen molar-refractivity contribution in [2.75, 3.05) is 5.73 Å². The molecule has 0 atom stereocenters. The molecule has 3 heterocycles. The Balaban J connectivity index is 1.74. The van der Waals surface area contributed by atoms with Gasteiger partial charge in [-0.2, -0.15) is 18.3 Å². The molecule has 33 heavy (non-hydrogen) atoms. The third-order valence-electron chi connectivity index (χ3n) is 4.67. The minimum absolute atomic E-state index is 0.0333. The van der Waals surface area contributed by atoms with Crippen LogP contribution in [0.2, 0.25) is 5.02 Å². The Bertz CT molecular complexity index is 1400. The summed E-state index contributed by atoms with van der Waals surface area (Å²) in [5.41, 5.74) is 11.1. The van der Waals surface area contributed by atoms with E-state index in [0.717, 1.165) is 6.07 Å². The molecule has 1 aromatic carbocycles. The fraction of sp³-hybridized carbons (Fsp3) is 0.100. The molecule has 0 fully saturated rings. The Morgan fingerprint density at radius 1 is 1.27 bits per heavy atom. The van der Waals surface area contributed by atoms with Gasteiger partial charge in [-0.15, -0.1) is 11.3 Å². The van der Waals surface area contributed by atoms with E-state index in [0.29, 0.717) is 26.2 Å². The number of carbonyl (C=O) groups excluding carboxylic acids is 1. The Kier molecular flexibility index (Phi) is 5.72. The van der Waals surface area contributed by atoms with Gasteiger partial charge in [0.15, 0.2) is 22.9 Å². The van der Waals surface area contributed by atoms with Crippen molar-refractivity contribution in [1.82, 2.24) is 14.6 Å². The monoisotopic (exact) mass is 494 g/mol. The number of nitrogens with zero attached hydrogens (tertiary/aromatic N) is 4. The third kappa shape index (κ3) is 4.22. The predicted octanol–water partition coefficient (Wildman–Crippen LogP) is 4.50. The number of hydrogen-bond donors (Lipinski definition) is 2. The van der Waals surface area contributed by atoms with Crippen LogP contribution in [0.15, 0.2) is 46.9 Å². The topological polar surface area (TPSA) is 121 Å². The zero-order valence-corrected chi connectivity index (χ0v) is 18.3. The molecule has 0 aliphatic carbocycles. The number of aromatic nitrogens is 3. The average molecular weight is 495 g/mol. The number of anilines is 1. The zero-order chi connectivity index (χ0) is 23.9. The van der Waals surface area contributed by atoms with Crippen molar-refractivity contribution >= 4 is 46.1 Å². The maximum absolute atomic E-state index is 13.7. The highest BCUT2D eigenvalue weighted by Gasteiger charge is 2.37. The summed E-state index contributed by atoms with van der Waals surface area (Å²) in [6, 6.07) is 9.02. The highest BCUT2D eigenvalue weighted by molar-refractivity contribution is 7.13. The Labute approximate surface area is 193 Å². The van der Waals surface area contributed by atoms with Gasteiger partial charge in [-0.25, -0.2) is 14.3 Å². The molecular formula is C20H14ClF3N6O2S. The molecule has 0 aliphatic rings. The van der Waals surface area contributed by atoms with E-state index in [-0.39, 0.29) is 17.2 Å². The van der Waals surface area contributed by atoms with E-state index in [1.807, 2.05) is 0 Å². The van der Waals surface area contributed by atoms with E-state index < -0.39 is 28.6 Å². The van der Waals surface area contributed by atoms with E-state index in [2.05, 4.69) is 15.2 Å². The second-order valence-electron chi connectivity index (χ2n) is 6.77. The molecule has 13 heteroatoms. The van der Waals surface area contributed by atoms with Crippen LogP contribution in [0.1, 0.15) is 27.3 Å². The fourth-order valence-corrected chi connectivity index (χ4v) is 3.91. The SMILES string of the molecule is Cc1c(N)cccc1/C(N)=N/OC(=O)c1nn2c(C(F)(F)F)cc(-c3cccs3)nc2c1Cl. The minimum atomic E-state index is -4.79. The van der Waals surface area contributed by atoms with Gasteiger partial charge in [0.1, 0.15) is 5.02 Å². The minimum Gasteiger partial charge on any atom is -0.398 e. The molecular weight excluding hydrogens is 481 g/mol. The maximum Gasteiger partial charge on any atom is 0.433 e. The van der Waals surface area contributed by atoms with Crippen molar-refractivity contribution in [3.63, 3.8) is 0 Å². The average Bonchev–Trinajstić information content (AvgIpc) is 3.41. The summed E-state index contributed by atoms with van der Waals surface area (Å²) in [6.45, 7) is 1.70. The van der Waals surface area contributed by atoms with Gasteiger partial charge in [0.2, 0.25) is 0 Å². The van der Waals surface area contributed by atoms with Crippen molar-refractivity contribution in [2.24, 2.45) is 10.9 Å². The van der Waals surface area contributed by atoms with E-state index in [4.69, 9.17) is 27.9 Å². The van der Waals surface area contributed by atoms with Gasteiger partial charge in [0, 0.05) is 11.3 Å². The lowest BCUT2D eigenvalue weighted by atomic mass is 10.1. The molecule has 0 unspecified atom stereocenters. The second-order valence-corrected chi connectivity index (χ2v) is 8.10. The second kappa shape index (κ2) is 8.37. The van der Waals surface area contributed by atoms with E-state index >= 15 is 0 Å². The molecule has 4 aromatic rings. The summed E-state index contributed by atoms with van der Waals surface area (Å²) in [5.74, 6) is -1.37. The number of amidine groups is 1. The van der Waals surface area contributed by atoms with Gasteiger partial charge in [-0.1, -0.05) is 35.0 Å². The summed E-state index contributed by atoms with van der Waals surface area (Å²) in [7, 11) is 0. The van der Waals surface area contributed by atoms with Crippen LogP contribution in [0, 0.1) is 6.92 Å². The van der Waals surface area contributed by atoms with Crippen LogP contribution in [0.5, 0.6) is 0 Å². The molecule has 0 spiro atoms. The third-order valence-corrected chi connectivity index (χ3v) is 5.91. The first-order valence-corrected chi connectivity index (χ1v) is 10.4. The number of alkyl halides is 3. The van der Waals surface area contributed by atoms with Crippen LogP contribution in [0.25, 0.3) is 16.2 Å². The molecule has 0 saturated carbocycles. The van der Waals surface area contributed by atoms with Crippen LogP contribution in [-0.2, 0) is 11.0 Å². The predicted molar refractivity (Wildman–Crippen MR) is 118 cm³/mol. The first-order chi connectivity index (χ1) is 15.6. The summed E-state index contributed by atoms with van der Waals surface area (Å²) in [5, 5.41) is 8.51. The van der Waals surface area contributed by atoms with Crippen LogP contribution in [-0.4, -0.2) is 26.4 Å². The van der Waals surface area contributed by atoms with E-state index in [9.17, 15) is 18.0 Å². The van der Waals surface area contributed by atoms with E-state index in [1.165, 1.54) is 11.3 Å². The molecule has 3 aromatic heterocycles. The highest BCUT2D eigenvalue weighted by atomic mass is 35.5. The van der Waals surface area contributed by atoms with Crippen molar-refractivity contribution in [3.8, 4) is 10.6 Å². The summed E-state index contributed by atoms with van der Waals surface area (Å²) in [6.07, 6.45) is -4.79. The number of nitrogen functional groups attached to an aromatic ring is 1. The van der Waals surface area contributed by atoms with Crippen molar-refractivity contribution in [2.45, 2.75) is 13.1 Å². The van der Waals surface area contributed by atoms with Crippen molar-refractivity contribution in [3.05, 3.63) is 69.3 Å². The number of hydrogen-bond acceptors (Lipinski definition) is 7. The zero-order valence-electron chi connectivity index (χ0n) is 16.7. The fourth-order valence-electron chi connectivity index (χ4n) is 2.99. The lowest BCUT2D eigenvalue weighted by Gasteiger charge is -2.10. The highest BCUT2D eigenvalue weighted by Crippen LogP contribution is 2.35. The van der Waals surface area contributed by atoms with Gasteiger partial charge in [0.25, 0.3) is 0 Å². The summed E-state index contributed by atoms with van der Waals surface area (Å²) >= 11 is 7.38. The summed E-state index contributed by atoms with van der Waals surface area (Å²) < 4.78 is 41.6. The number of carbonyl (C=O) groups is 1. The van der Waals surface area contributed by atoms with Crippen LogP contribution < -0.4 is 11.5 Å². The number of rotatable bonds is 4. The molecule has 4 rings (SSSR count). The Morgan fingerprint density at radius 3 is 2.70 bits per heavy atom. The van der Waals surface area contributed by atoms with Crippen LogP contribution in [0.3, 0.4) is 0 Å². The maximum atomic E-state index is 13.7. The smallest absolute Gasteiger partial charge is 0.398 e. The normalized spacial score (nSPS) is 12.3. The van der Waals surface area contributed by atoms with Crippen molar-refractivity contribution in [1.29, 1.82) is 0 Å². The molecule has 0 amide bonds. The van der Waals surface area contributed by atoms with E-state index in [1.54, 1.807) is 42.6 Å². The lowest BCUT2D eigenvalue weighted by molar-refractivity contribution is -0.142. The molecule has 0 bridgehead atoms. The number of oxime groups is 1. The number of benzene rings is 1. The number of nitrogens with two attached hydrogens (primary N) is 2. The van der Waals surface area contributed by atoms with Gasteiger partial charge in [0.05, 0.1) is 10.6 Å². The van der Waals surface area contributed by atoms with Gasteiger partial charge < -0.3 is 16.3 Å². The molecule has 4 N–H and O–H groups in total. The lowest BCUT2D eigenvalue weighted by Crippen LogP contribution is -2.17. The van der Waals surface area contributed by atoms with Gasteiger partial charge in [-0.05, 0) is 36.1 Å². The summed E-state index contributed by atoms with van der Waals surface area (Å²) in [4.78, 5) is 22.0. The molecule has 0 saturated heterocycles. The standard InChI is InChI=1S/C20H14ClF3N6O2S/c1-9-10(4-2-5-11(9)25)17(26)29-32-19(31)16-15(21)18-27-12(13-6-3-7-33-13)8-14(20(22,23)24)30(18)28-16/h2-8H,25H2,1H3,(H2,26,29). The number of halogens is 4. The van der Waals surface area contributed by atoms with Crippen molar-refractivity contribution < 1.29 is 22.8 Å². The number of fused-ring (bicyclic) bond motifs is 1. The number of thiophene rings is 1. The largest absolute Gasteiger partial charge is 0.433 e. The van der Waals surface area contributed by atoms with Gasteiger partial charge in [-0.3, -0.25) is 0 Å².